The maximum atomic E-state index is 13.7. The van der Waals surface area contributed by atoms with Gasteiger partial charge >= 0.3 is 0 Å². The zero-order valence-electron chi connectivity index (χ0n) is 16.4. The highest BCUT2D eigenvalue weighted by molar-refractivity contribution is 7.89. The van der Waals surface area contributed by atoms with E-state index in [9.17, 15) is 17.6 Å². The Morgan fingerprint density at radius 3 is 2.34 bits per heavy atom. The van der Waals surface area contributed by atoms with Crippen molar-refractivity contribution in [2.45, 2.75) is 37.5 Å². The third-order valence-corrected chi connectivity index (χ3v) is 6.80. The number of carbonyl (C=O) groups is 1. The largest absolute Gasteiger partial charge is 0.320 e. The first-order chi connectivity index (χ1) is 13.9. The summed E-state index contributed by atoms with van der Waals surface area (Å²) in [6, 6.07) is 10.9. The molecule has 1 saturated heterocycles. The summed E-state index contributed by atoms with van der Waals surface area (Å²) in [5.41, 5.74) is 1.64. The summed E-state index contributed by atoms with van der Waals surface area (Å²) in [4.78, 5) is 12.3. The van der Waals surface area contributed by atoms with Crippen LogP contribution in [0.1, 0.15) is 36.8 Å². The molecule has 0 aromatic heterocycles. The molecular weight excluding hydrogens is 391 g/mol. The molecule has 2 aromatic carbocycles. The zero-order valence-corrected chi connectivity index (χ0v) is 17.2. The second-order valence-corrected chi connectivity index (χ2v) is 9.13. The number of halogens is 1. The lowest BCUT2D eigenvalue weighted by Crippen LogP contribution is -2.31. The third-order valence-electron chi connectivity index (χ3n) is 4.89. The Kier molecular flexibility index (Phi) is 6.82. The van der Waals surface area contributed by atoms with Crippen LogP contribution >= 0.6 is 0 Å². The predicted molar refractivity (Wildman–Crippen MR) is 112 cm³/mol. The van der Waals surface area contributed by atoms with E-state index in [-0.39, 0.29) is 10.6 Å². The molecule has 5 nitrogen and oxygen atoms in total. The Hall–Kier alpha value is -2.51. The molecule has 7 heteroatoms. The van der Waals surface area contributed by atoms with Crippen LogP contribution in [0.4, 0.5) is 10.1 Å². The minimum absolute atomic E-state index is 0.124. The van der Waals surface area contributed by atoms with Gasteiger partial charge in [0.05, 0.1) is 10.6 Å². The topological polar surface area (TPSA) is 66.5 Å². The molecule has 3 rings (SSSR count). The first kappa shape index (κ1) is 21.2. The van der Waals surface area contributed by atoms with E-state index in [4.69, 9.17) is 0 Å². The first-order valence-corrected chi connectivity index (χ1v) is 11.2. The monoisotopic (exact) mass is 416 g/mol. The fraction of sp³-hybridized carbons (Fsp3) is 0.318. The number of hydrogen-bond donors (Lipinski definition) is 1. The highest BCUT2D eigenvalue weighted by atomic mass is 32.2. The number of rotatable bonds is 5. The zero-order chi connectivity index (χ0) is 20.9. The molecule has 29 heavy (non-hydrogen) atoms. The van der Waals surface area contributed by atoms with Gasteiger partial charge in [0.25, 0.3) is 0 Å². The first-order valence-electron chi connectivity index (χ1n) is 9.72. The van der Waals surface area contributed by atoms with Crippen molar-refractivity contribution in [3.8, 4) is 0 Å². The van der Waals surface area contributed by atoms with Gasteiger partial charge in [-0.15, -0.1) is 0 Å². The molecule has 0 atom stereocenters. The second kappa shape index (κ2) is 9.33. The molecule has 154 valence electrons. The number of nitrogens with zero attached hydrogens (tertiary/aromatic N) is 1. The van der Waals surface area contributed by atoms with E-state index in [1.807, 2.05) is 6.92 Å². The van der Waals surface area contributed by atoms with Gasteiger partial charge in [-0.05, 0) is 61.2 Å². The number of anilines is 1. The summed E-state index contributed by atoms with van der Waals surface area (Å²) in [7, 11) is -3.49. The van der Waals surface area contributed by atoms with E-state index in [1.54, 1.807) is 46.8 Å². The lowest BCUT2D eigenvalue weighted by atomic mass is 10.2. The number of nitrogens with one attached hydrogen (secondary N) is 1. The molecule has 0 saturated carbocycles. The van der Waals surface area contributed by atoms with Crippen molar-refractivity contribution in [1.29, 1.82) is 0 Å². The maximum absolute atomic E-state index is 13.7. The van der Waals surface area contributed by atoms with Gasteiger partial charge in [-0.3, -0.25) is 4.79 Å². The third kappa shape index (κ3) is 5.52. The molecule has 1 fully saturated rings. The van der Waals surface area contributed by atoms with Crippen molar-refractivity contribution in [1.82, 2.24) is 4.31 Å². The van der Waals surface area contributed by atoms with E-state index in [1.165, 1.54) is 12.1 Å². The van der Waals surface area contributed by atoms with Crippen molar-refractivity contribution in [3.05, 3.63) is 65.5 Å². The Bertz CT molecular complexity index is 993. The van der Waals surface area contributed by atoms with Gasteiger partial charge in [-0.25, -0.2) is 12.8 Å². The standard InChI is InChI=1S/C22H25FN2O3S/c1-17-6-12-20(23)21(16-17)24-22(26)13-9-18-7-10-19(11-8-18)29(27,28)25-14-4-2-3-5-15-25/h6-13,16H,2-5,14-15H2,1H3,(H,24,26)/b13-9+. The van der Waals surface area contributed by atoms with Gasteiger partial charge < -0.3 is 5.32 Å². The molecule has 0 unspecified atom stereocenters. The van der Waals surface area contributed by atoms with Crippen LogP contribution in [0.15, 0.2) is 53.4 Å². The number of benzene rings is 2. The minimum Gasteiger partial charge on any atom is -0.320 e. The van der Waals surface area contributed by atoms with Crippen molar-refractivity contribution in [2.75, 3.05) is 18.4 Å². The van der Waals surface area contributed by atoms with E-state index in [0.717, 1.165) is 31.2 Å². The van der Waals surface area contributed by atoms with E-state index < -0.39 is 21.7 Å². The predicted octanol–water partition coefficient (Wildman–Crippen LogP) is 4.35. The number of amides is 1. The smallest absolute Gasteiger partial charge is 0.248 e. The quantitative estimate of drug-likeness (QED) is 0.737. The Morgan fingerprint density at radius 1 is 1.03 bits per heavy atom. The summed E-state index contributed by atoms with van der Waals surface area (Å²) in [6.07, 6.45) is 6.74. The van der Waals surface area contributed by atoms with Gasteiger partial charge in [0.2, 0.25) is 15.9 Å². The van der Waals surface area contributed by atoms with Crippen molar-refractivity contribution in [3.63, 3.8) is 0 Å². The van der Waals surface area contributed by atoms with Crippen LogP contribution in [-0.2, 0) is 14.8 Å². The highest BCUT2D eigenvalue weighted by Gasteiger charge is 2.24. The Balaban J connectivity index is 1.66. The number of sulfonamides is 1. The van der Waals surface area contributed by atoms with E-state index >= 15 is 0 Å². The Morgan fingerprint density at radius 2 is 1.69 bits per heavy atom. The van der Waals surface area contributed by atoms with Crippen LogP contribution in [0, 0.1) is 12.7 Å². The van der Waals surface area contributed by atoms with Gasteiger partial charge in [-0.1, -0.05) is 31.0 Å². The molecule has 1 heterocycles. The summed E-state index contributed by atoms with van der Waals surface area (Å²) in [6.45, 7) is 2.92. The van der Waals surface area contributed by atoms with Crippen molar-refractivity contribution < 1.29 is 17.6 Å². The molecule has 2 aromatic rings. The van der Waals surface area contributed by atoms with Gasteiger partial charge in [0, 0.05) is 19.2 Å². The van der Waals surface area contributed by atoms with Crippen LogP contribution < -0.4 is 5.32 Å². The average molecular weight is 417 g/mol. The van der Waals surface area contributed by atoms with Crippen LogP contribution in [0.5, 0.6) is 0 Å². The average Bonchev–Trinajstić information content (AvgIpc) is 3.00. The molecule has 1 aliphatic rings. The summed E-state index contributed by atoms with van der Waals surface area (Å²) in [5, 5.41) is 2.50. The number of hydrogen-bond acceptors (Lipinski definition) is 3. The lowest BCUT2D eigenvalue weighted by molar-refractivity contribution is -0.111. The van der Waals surface area contributed by atoms with Crippen molar-refractivity contribution >= 4 is 27.7 Å². The summed E-state index contributed by atoms with van der Waals surface area (Å²) in [5.74, 6) is -0.962. The molecule has 0 spiro atoms. The maximum Gasteiger partial charge on any atom is 0.248 e. The number of aryl methyl sites for hydroxylation is 1. The molecule has 0 radical (unpaired) electrons. The van der Waals surface area contributed by atoms with Crippen molar-refractivity contribution in [2.24, 2.45) is 0 Å². The molecule has 1 N–H and O–H groups in total. The normalized spacial score (nSPS) is 15.9. The molecular formula is C22H25FN2O3S. The van der Waals surface area contributed by atoms with Crippen LogP contribution in [0.2, 0.25) is 0 Å². The molecule has 0 aliphatic carbocycles. The highest BCUT2D eigenvalue weighted by Crippen LogP contribution is 2.21. The van der Waals surface area contributed by atoms with Crippen LogP contribution in [0.3, 0.4) is 0 Å². The molecule has 1 aliphatic heterocycles. The number of carbonyl (C=O) groups excluding carboxylic acids is 1. The fourth-order valence-corrected chi connectivity index (χ4v) is 4.78. The lowest BCUT2D eigenvalue weighted by Gasteiger charge is -2.19. The minimum atomic E-state index is -3.49. The molecule has 1 amide bonds. The SMILES string of the molecule is Cc1ccc(F)c(NC(=O)/C=C/c2ccc(S(=O)(=O)N3CCCCCC3)cc2)c1. The van der Waals surface area contributed by atoms with Gasteiger partial charge in [-0.2, -0.15) is 4.31 Å². The van der Waals surface area contributed by atoms with Crippen LogP contribution in [0.25, 0.3) is 6.08 Å². The summed E-state index contributed by atoms with van der Waals surface area (Å²) >= 11 is 0. The van der Waals surface area contributed by atoms with E-state index in [2.05, 4.69) is 5.32 Å². The van der Waals surface area contributed by atoms with Gasteiger partial charge in [0.1, 0.15) is 5.82 Å². The van der Waals surface area contributed by atoms with Gasteiger partial charge in [0.15, 0.2) is 0 Å². The summed E-state index contributed by atoms with van der Waals surface area (Å²) < 4.78 is 40.9. The van der Waals surface area contributed by atoms with Crippen LogP contribution in [-0.4, -0.2) is 31.7 Å². The van der Waals surface area contributed by atoms with E-state index in [0.29, 0.717) is 18.7 Å². The second-order valence-electron chi connectivity index (χ2n) is 7.19. The Labute approximate surface area is 171 Å². The molecule has 0 bridgehead atoms. The fourth-order valence-electron chi connectivity index (χ4n) is 3.26.